The van der Waals surface area contributed by atoms with Crippen molar-refractivity contribution < 1.29 is 13.0 Å². The molecule has 1 N–H and O–H groups in total. The number of fused-ring (bicyclic) bond motifs is 1. The molecule has 19 heavy (non-hydrogen) atoms. The van der Waals surface area contributed by atoms with E-state index in [1.54, 1.807) is 13.8 Å². The van der Waals surface area contributed by atoms with Gasteiger partial charge in [-0.1, -0.05) is 38.1 Å². The summed E-state index contributed by atoms with van der Waals surface area (Å²) in [6, 6.07) is 7.88. The van der Waals surface area contributed by atoms with Crippen LogP contribution >= 0.6 is 0 Å². The van der Waals surface area contributed by atoms with Crippen molar-refractivity contribution in [1.82, 2.24) is 0 Å². The highest BCUT2D eigenvalue weighted by Gasteiger charge is 2.25. The second-order valence-corrected chi connectivity index (χ2v) is 6.56. The van der Waals surface area contributed by atoms with E-state index in [1.165, 1.54) is 0 Å². The van der Waals surface area contributed by atoms with Crippen molar-refractivity contribution >= 4 is 10.1 Å². The number of hydrogen-bond donors (Lipinski definition) is 1. The molecule has 0 heterocycles. The van der Waals surface area contributed by atoms with E-state index < -0.39 is 10.1 Å². The van der Waals surface area contributed by atoms with E-state index in [1.807, 2.05) is 24.3 Å². The lowest BCUT2D eigenvalue weighted by Crippen LogP contribution is -1.99. The maximum atomic E-state index is 11.5. The molecule has 0 saturated heterocycles. The van der Waals surface area contributed by atoms with E-state index in [-0.39, 0.29) is 4.90 Å². The maximum absolute atomic E-state index is 11.5. The van der Waals surface area contributed by atoms with E-state index in [0.29, 0.717) is 17.0 Å². The van der Waals surface area contributed by atoms with Crippen molar-refractivity contribution in [3.8, 4) is 11.1 Å². The molecule has 0 atom stereocenters. The van der Waals surface area contributed by atoms with Crippen LogP contribution in [-0.2, 0) is 10.1 Å². The molecular formula is C15H18O3S. The van der Waals surface area contributed by atoms with Crippen molar-refractivity contribution in [2.45, 2.75) is 38.5 Å². The Morgan fingerprint density at radius 2 is 1.63 bits per heavy atom. The van der Waals surface area contributed by atoms with Crippen LogP contribution in [0.4, 0.5) is 0 Å². The molecule has 0 aromatic rings. The zero-order chi connectivity index (χ0) is 14.4. The third kappa shape index (κ3) is 2.38. The van der Waals surface area contributed by atoms with Gasteiger partial charge >= 0.3 is 0 Å². The van der Waals surface area contributed by atoms with Gasteiger partial charge in [-0.05, 0) is 47.6 Å². The first kappa shape index (κ1) is 14.0. The molecule has 2 aliphatic carbocycles. The van der Waals surface area contributed by atoms with E-state index in [2.05, 4.69) is 13.8 Å². The standard InChI is InChI=1S/C15H18O3S/c1-9(2)12-6-5-7-13-10(3)15(19(16,17)18)11(4)14(13)8-12/h5-9H,1-4H3,(H,16,17,18). The molecule has 0 radical (unpaired) electrons. The Morgan fingerprint density at radius 1 is 1.05 bits per heavy atom. The SMILES string of the molecule is Cc1c2cccc(C(C)C)cc-2c(C)c1S(=O)(=O)O. The van der Waals surface area contributed by atoms with Gasteiger partial charge < -0.3 is 0 Å². The first-order valence-corrected chi connectivity index (χ1v) is 7.67. The Bertz CT molecular complexity index is 700. The van der Waals surface area contributed by atoms with Gasteiger partial charge in [0.2, 0.25) is 0 Å². The lowest BCUT2D eigenvalue weighted by Gasteiger charge is -2.03. The molecule has 0 bridgehead atoms. The van der Waals surface area contributed by atoms with Crippen molar-refractivity contribution in [1.29, 1.82) is 0 Å². The van der Waals surface area contributed by atoms with Crippen molar-refractivity contribution in [3.63, 3.8) is 0 Å². The van der Waals surface area contributed by atoms with Gasteiger partial charge in [0.05, 0.1) is 0 Å². The summed E-state index contributed by atoms with van der Waals surface area (Å²) >= 11 is 0. The van der Waals surface area contributed by atoms with Gasteiger partial charge in [-0.3, -0.25) is 4.55 Å². The predicted molar refractivity (Wildman–Crippen MR) is 76.4 cm³/mol. The molecule has 0 spiro atoms. The highest BCUT2D eigenvalue weighted by molar-refractivity contribution is 7.86. The average molecular weight is 278 g/mol. The molecule has 4 heteroatoms. The van der Waals surface area contributed by atoms with Gasteiger partial charge in [-0.15, -0.1) is 0 Å². The van der Waals surface area contributed by atoms with E-state index >= 15 is 0 Å². The number of hydrogen-bond acceptors (Lipinski definition) is 2. The predicted octanol–water partition coefficient (Wildman–Crippen LogP) is 3.78. The molecule has 0 aliphatic heterocycles. The Morgan fingerprint density at radius 3 is 2.16 bits per heavy atom. The third-order valence-electron chi connectivity index (χ3n) is 3.57. The second kappa shape index (κ2) is 4.62. The Hall–Kier alpha value is -1.39. The van der Waals surface area contributed by atoms with Crippen LogP contribution in [0.2, 0.25) is 0 Å². The Kier molecular flexibility index (Phi) is 3.41. The van der Waals surface area contributed by atoms with Crippen LogP contribution in [0.15, 0.2) is 29.2 Å². The normalized spacial score (nSPS) is 12.3. The fourth-order valence-electron chi connectivity index (χ4n) is 2.55. The highest BCUT2D eigenvalue weighted by Crippen LogP contribution is 2.38. The van der Waals surface area contributed by atoms with Crippen molar-refractivity contribution in [2.24, 2.45) is 0 Å². The quantitative estimate of drug-likeness (QED) is 0.851. The lowest BCUT2D eigenvalue weighted by atomic mass is 10.0. The molecule has 102 valence electrons. The molecule has 0 fully saturated rings. The Labute approximate surface area is 114 Å². The first-order valence-electron chi connectivity index (χ1n) is 6.23. The largest absolute Gasteiger partial charge is 0.295 e. The van der Waals surface area contributed by atoms with Crippen LogP contribution in [0.25, 0.3) is 11.1 Å². The molecule has 0 aromatic carbocycles. The lowest BCUT2D eigenvalue weighted by molar-refractivity contribution is 0.482. The van der Waals surface area contributed by atoms with Crippen LogP contribution in [-0.4, -0.2) is 13.0 Å². The Balaban J connectivity index is 2.87. The van der Waals surface area contributed by atoms with Crippen LogP contribution in [0.1, 0.15) is 36.5 Å². The molecule has 0 unspecified atom stereocenters. The average Bonchev–Trinajstić information content (AvgIpc) is 2.47. The molecule has 2 aliphatic rings. The van der Waals surface area contributed by atoms with Crippen LogP contribution in [0.5, 0.6) is 0 Å². The molecule has 0 amide bonds. The molecule has 3 nitrogen and oxygen atoms in total. The topological polar surface area (TPSA) is 54.4 Å². The summed E-state index contributed by atoms with van der Waals surface area (Å²) < 4.78 is 32.4. The van der Waals surface area contributed by atoms with Gasteiger partial charge in [0.15, 0.2) is 0 Å². The van der Waals surface area contributed by atoms with E-state index in [9.17, 15) is 13.0 Å². The van der Waals surface area contributed by atoms with Gasteiger partial charge in [-0.25, -0.2) is 0 Å². The summed E-state index contributed by atoms with van der Waals surface area (Å²) in [4.78, 5) is 0.0448. The van der Waals surface area contributed by atoms with Gasteiger partial charge in [0.25, 0.3) is 10.1 Å². The van der Waals surface area contributed by atoms with Gasteiger partial charge in [0.1, 0.15) is 4.90 Å². The van der Waals surface area contributed by atoms with Gasteiger partial charge in [0, 0.05) is 0 Å². The molecule has 2 rings (SSSR count). The first-order chi connectivity index (χ1) is 8.73. The van der Waals surface area contributed by atoms with Crippen molar-refractivity contribution in [3.05, 3.63) is 41.0 Å². The minimum absolute atomic E-state index is 0.0448. The van der Waals surface area contributed by atoms with Crippen LogP contribution in [0.3, 0.4) is 0 Å². The fraction of sp³-hybridized carbons (Fsp3) is 0.333. The minimum atomic E-state index is -4.18. The van der Waals surface area contributed by atoms with Crippen LogP contribution in [0, 0.1) is 13.8 Å². The van der Waals surface area contributed by atoms with E-state index in [4.69, 9.17) is 0 Å². The molecule has 0 aromatic heterocycles. The summed E-state index contributed by atoms with van der Waals surface area (Å²) in [7, 11) is -4.18. The summed E-state index contributed by atoms with van der Waals surface area (Å²) in [5.74, 6) is 0.361. The van der Waals surface area contributed by atoms with Crippen molar-refractivity contribution in [2.75, 3.05) is 0 Å². The smallest absolute Gasteiger partial charge is 0.282 e. The highest BCUT2D eigenvalue weighted by atomic mass is 32.2. The fourth-order valence-corrected chi connectivity index (χ4v) is 3.54. The number of rotatable bonds is 2. The minimum Gasteiger partial charge on any atom is -0.282 e. The van der Waals surface area contributed by atoms with Gasteiger partial charge in [-0.2, -0.15) is 8.42 Å². The summed E-state index contributed by atoms with van der Waals surface area (Å²) in [5.41, 5.74) is 4.13. The zero-order valence-electron chi connectivity index (χ0n) is 11.6. The molecular weight excluding hydrogens is 260 g/mol. The monoisotopic (exact) mass is 278 g/mol. The summed E-state index contributed by atoms with van der Waals surface area (Å²) in [6.07, 6.45) is 0. The summed E-state index contributed by atoms with van der Waals surface area (Å²) in [5, 5.41) is 0. The third-order valence-corrected chi connectivity index (χ3v) is 4.69. The summed E-state index contributed by atoms with van der Waals surface area (Å²) in [6.45, 7) is 7.65. The molecule has 0 saturated carbocycles. The zero-order valence-corrected chi connectivity index (χ0v) is 12.4. The van der Waals surface area contributed by atoms with E-state index in [0.717, 1.165) is 16.7 Å². The van der Waals surface area contributed by atoms with Crippen LogP contribution < -0.4 is 0 Å². The maximum Gasteiger partial charge on any atom is 0.295 e. The second-order valence-electron chi connectivity index (χ2n) is 5.21.